The van der Waals surface area contributed by atoms with Gasteiger partial charge >= 0.3 is 0 Å². The third-order valence-corrected chi connectivity index (χ3v) is 2.98. The zero-order chi connectivity index (χ0) is 15.6. The molecule has 4 atom stereocenters. The Morgan fingerprint density at radius 3 is 2.38 bits per heavy atom. The highest BCUT2D eigenvalue weighted by Crippen LogP contribution is 2.23. The molecule has 0 aromatic heterocycles. The van der Waals surface area contributed by atoms with Crippen LogP contribution in [0.5, 0.6) is 5.75 Å². The summed E-state index contributed by atoms with van der Waals surface area (Å²) in [6.45, 7) is -0.625. The number of rotatable bonds is 4. The molecule has 0 saturated carbocycles. The molecule has 0 spiro atoms. The van der Waals surface area contributed by atoms with Crippen molar-refractivity contribution < 1.29 is 34.5 Å². The first kappa shape index (κ1) is 15.3. The number of ketones is 1. The summed E-state index contributed by atoms with van der Waals surface area (Å²) in [4.78, 5) is 21.5. The number of aliphatic hydroxyl groups excluding tert-OH is 3. The number of non-ortho nitro benzene ring substituents is 1. The van der Waals surface area contributed by atoms with E-state index in [1.165, 1.54) is 24.3 Å². The van der Waals surface area contributed by atoms with Crippen molar-refractivity contribution in [2.24, 2.45) is 0 Å². The first-order chi connectivity index (χ1) is 9.93. The van der Waals surface area contributed by atoms with Crippen molar-refractivity contribution in [1.82, 2.24) is 0 Å². The van der Waals surface area contributed by atoms with Gasteiger partial charge in [0.25, 0.3) is 5.69 Å². The average molecular weight is 299 g/mol. The molecule has 0 radical (unpaired) electrons. The molecule has 0 bridgehead atoms. The fraction of sp³-hybridized carbons (Fsp3) is 0.417. The van der Waals surface area contributed by atoms with Gasteiger partial charge < -0.3 is 24.8 Å². The average Bonchev–Trinajstić information content (AvgIpc) is 2.48. The number of Topliss-reactive ketones (excluding diaryl/α,β-unsaturated/α-hetero) is 1. The van der Waals surface area contributed by atoms with Crippen LogP contribution in [-0.2, 0) is 9.53 Å². The Kier molecular flexibility index (Phi) is 4.48. The number of carbonyl (C=O) groups excluding carboxylic acids is 1. The van der Waals surface area contributed by atoms with E-state index in [0.29, 0.717) is 0 Å². The lowest BCUT2D eigenvalue weighted by molar-refractivity contribution is -0.384. The van der Waals surface area contributed by atoms with E-state index in [9.17, 15) is 25.1 Å². The molecule has 1 aromatic rings. The number of ether oxygens (including phenoxy) is 2. The maximum atomic E-state index is 11.6. The molecule has 3 N–H and O–H groups in total. The van der Waals surface area contributed by atoms with Gasteiger partial charge in [-0.25, -0.2) is 0 Å². The van der Waals surface area contributed by atoms with Gasteiger partial charge in [-0.1, -0.05) is 0 Å². The van der Waals surface area contributed by atoms with Crippen molar-refractivity contribution in [3.8, 4) is 5.75 Å². The Bertz CT molecular complexity index is 531. The highest BCUT2D eigenvalue weighted by molar-refractivity contribution is 5.88. The second-order valence-electron chi connectivity index (χ2n) is 4.39. The van der Waals surface area contributed by atoms with Crippen LogP contribution in [0.4, 0.5) is 5.69 Å². The van der Waals surface area contributed by atoms with Crippen LogP contribution in [0, 0.1) is 10.1 Å². The zero-order valence-corrected chi connectivity index (χ0v) is 10.7. The predicted octanol–water partition coefficient (Wildman–Crippen LogP) is -1.02. The highest BCUT2D eigenvalue weighted by Gasteiger charge is 2.44. The maximum Gasteiger partial charge on any atom is 0.269 e. The lowest BCUT2D eigenvalue weighted by atomic mass is 10.0. The van der Waals surface area contributed by atoms with Crippen molar-refractivity contribution in [3.05, 3.63) is 34.4 Å². The number of nitro groups is 1. The third kappa shape index (κ3) is 3.16. The van der Waals surface area contributed by atoms with Crippen molar-refractivity contribution in [2.75, 3.05) is 6.61 Å². The summed E-state index contributed by atoms with van der Waals surface area (Å²) in [5.74, 6) is -0.794. The molecule has 0 amide bonds. The standard InChI is InChI=1S/C12H13NO8/c14-5-8-9(15)10(16)11(17)12(21-8)20-7-3-1-6(2-4-7)13(18)19/h1-4,8-9,11-12,14-15,17H,5H2/t8?,9?,11-,12-/m1/s1. The monoisotopic (exact) mass is 299 g/mol. The highest BCUT2D eigenvalue weighted by atomic mass is 16.7. The smallest absolute Gasteiger partial charge is 0.269 e. The summed E-state index contributed by atoms with van der Waals surface area (Å²) >= 11 is 0. The minimum Gasteiger partial charge on any atom is -0.462 e. The van der Waals surface area contributed by atoms with Gasteiger partial charge in [-0.15, -0.1) is 0 Å². The molecule has 1 aliphatic heterocycles. The number of hydrogen-bond donors (Lipinski definition) is 3. The topological polar surface area (TPSA) is 139 Å². The van der Waals surface area contributed by atoms with Crippen LogP contribution >= 0.6 is 0 Å². The fourth-order valence-corrected chi connectivity index (χ4v) is 1.83. The van der Waals surface area contributed by atoms with E-state index in [1.807, 2.05) is 0 Å². The third-order valence-electron chi connectivity index (χ3n) is 2.98. The molecule has 1 saturated heterocycles. The normalized spacial score (nSPS) is 29.2. The molecule has 1 heterocycles. The van der Waals surface area contributed by atoms with Gasteiger partial charge in [-0.3, -0.25) is 14.9 Å². The second kappa shape index (κ2) is 6.14. The summed E-state index contributed by atoms with van der Waals surface area (Å²) < 4.78 is 10.3. The molecule has 114 valence electrons. The Balaban J connectivity index is 2.10. The van der Waals surface area contributed by atoms with E-state index in [0.717, 1.165) is 0 Å². The van der Waals surface area contributed by atoms with Gasteiger partial charge in [0, 0.05) is 12.1 Å². The first-order valence-electron chi connectivity index (χ1n) is 6.01. The summed E-state index contributed by atoms with van der Waals surface area (Å²) in [5, 5.41) is 38.7. The molecule has 1 aliphatic rings. The summed E-state index contributed by atoms with van der Waals surface area (Å²) in [6, 6.07) is 4.92. The Morgan fingerprint density at radius 1 is 1.24 bits per heavy atom. The predicted molar refractivity (Wildman–Crippen MR) is 66.5 cm³/mol. The van der Waals surface area contributed by atoms with Crippen molar-refractivity contribution >= 4 is 11.5 Å². The first-order valence-corrected chi connectivity index (χ1v) is 6.01. The largest absolute Gasteiger partial charge is 0.462 e. The van der Waals surface area contributed by atoms with Crippen molar-refractivity contribution in [1.29, 1.82) is 0 Å². The number of benzene rings is 1. The van der Waals surface area contributed by atoms with E-state index in [4.69, 9.17) is 14.6 Å². The molecular formula is C12H13NO8. The molecule has 0 aliphatic carbocycles. The quantitative estimate of drug-likeness (QED) is 0.474. The lowest BCUT2D eigenvalue weighted by Gasteiger charge is -2.34. The maximum absolute atomic E-state index is 11.6. The van der Waals surface area contributed by atoms with Gasteiger partial charge in [-0.05, 0) is 12.1 Å². The van der Waals surface area contributed by atoms with E-state index >= 15 is 0 Å². The van der Waals surface area contributed by atoms with Gasteiger partial charge in [0.15, 0.2) is 11.9 Å². The molecule has 1 aromatic carbocycles. The van der Waals surface area contributed by atoms with E-state index in [2.05, 4.69) is 0 Å². The van der Waals surface area contributed by atoms with Crippen LogP contribution < -0.4 is 4.74 Å². The van der Waals surface area contributed by atoms with Gasteiger partial charge in [0.05, 0.1) is 11.5 Å². The van der Waals surface area contributed by atoms with Crippen LogP contribution in [0.25, 0.3) is 0 Å². The van der Waals surface area contributed by atoms with Crippen molar-refractivity contribution in [3.63, 3.8) is 0 Å². The molecule has 2 rings (SSSR count). The molecule has 2 unspecified atom stereocenters. The van der Waals surface area contributed by atoms with E-state index in [-0.39, 0.29) is 11.4 Å². The Morgan fingerprint density at radius 2 is 1.86 bits per heavy atom. The molecular weight excluding hydrogens is 286 g/mol. The molecule has 21 heavy (non-hydrogen) atoms. The fourth-order valence-electron chi connectivity index (χ4n) is 1.83. The summed E-state index contributed by atoms with van der Waals surface area (Å²) in [7, 11) is 0. The van der Waals surface area contributed by atoms with Gasteiger partial charge in [0.1, 0.15) is 18.0 Å². The van der Waals surface area contributed by atoms with E-state index < -0.39 is 41.9 Å². The van der Waals surface area contributed by atoms with Crippen LogP contribution in [0.3, 0.4) is 0 Å². The molecule has 9 nitrogen and oxygen atoms in total. The number of carbonyl (C=O) groups is 1. The number of aliphatic hydroxyl groups is 3. The van der Waals surface area contributed by atoms with Gasteiger partial charge in [0.2, 0.25) is 6.29 Å². The molecule has 1 fully saturated rings. The zero-order valence-electron chi connectivity index (χ0n) is 10.7. The molecule has 9 heteroatoms. The van der Waals surface area contributed by atoms with Crippen LogP contribution in [0.1, 0.15) is 0 Å². The lowest BCUT2D eigenvalue weighted by Crippen LogP contribution is -2.57. The minimum absolute atomic E-state index is 0.130. The van der Waals surface area contributed by atoms with E-state index in [1.54, 1.807) is 0 Å². The van der Waals surface area contributed by atoms with Crippen LogP contribution in [0.2, 0.25) is 0 Å². The van der Waals surface area contributed by atoms with Crippen LogP contribution in [0.15, 0.2) is 24.3 Å². The summed E-state index contributed by atoms with van der Waals surface area (Å²) in [5.41, 5.74) is -0.146. The van der Waals surface area contributed by atoms with Crippen LogP contribution in [-0.4, -0.2) is 57.2 Å². The van der Waals surface area contributed by atoms with Gasteiger partial charge in [-0.2, -0.15) is 0 Å². The Labute approximate surface area is 118 Å². The number of hydrogen-bond acceptors (Lipinski definition) is 8. The van der Waals surface area contributed by atoms with Crippen molar-refractivity contribution in [2.45, 2.75) is 24.6 Å². The Hall–Kier alpha value is -2.07. The number of nitro benzene ring substituents is 1. The second-order valence-corrected chi connectivity index (χ2v) is 4.39. The SMILES string of the molecule is O=C1C(O)C(CO)O[C@@H](Oc2ccc([N+](=O)[O-])cc2)[C@@H]1O. The minimum atomic E-state index is -1.72. The number of nitrogens with zero attached hydrogens (tertiary/aromatic N) is 1. The summed E-state index contributed by atoms with van der Waals surface area (Å²) in [6.07, 6.45) is -5.98.